The van der Waals surface area contributed by atoms with Gasteiger partial charge in [0.1, 0.15) is 12.1 Å². The topological polar surface area (TPSA) is 126 Å². The van der Waals surface area contributed by atoms with Gasteiger partial charge in [-0.05, 0) is 54.3 Å². The molecule has 9 heteroatoms. The number of ketones is 1. The van der Waals surface area contributed by atoms with Crippen molar-refractivity contribution in [2.24, 2.45) is 16.1 Å². The second-order valence-corrected chi connectivity index (χ2v) is 9.34. The number of nitrogens with one attached hydrogen (secondary N) is 2. The number of azo groups is 1. The molecule has 2 atom stereocenters. The van der Waals surface area contributed by atoms with Crippen LogP contribution in [0.25, 0.3) is 0 Å². The summed E-state index contributed by atoms with van der Waals surface area (Å²) in [4.78, 5) is 51.0. The predicted molar refractivity (Wildman–Crippen MR) is 147 cm³/mol. The van der Waals surface area contributed by atoms with Gasteiger partial charge in [0.15, 0.2) is 0 Å². The summed E-state index contributed by atoms with van der Waals surface area (Å²) in [6.07, 6.45) is 0.424. The Labute approximate surface area is 227 Å². The van der Waals surface area contributed by atoms with Crippen molar-refractivity contribution >= 4 is 34.9 Å². The fourth-order valence-corrected chi connectivity index (χ4v) is 3.81. The second-order valence-electron chi connectivity index (χ2n) is 9.34. The van der Waals surface area contributed by atoms with Crippen molar-refractivity contribution in [3.8, 4) is 0 Å². The first-order valence-electron chi connectivity index (χ1n) is 12.6. The van der Waals surface area contributed by atoms with Gasteiger partial charge in [0.05, 0.1) is 18.5 Å². The number of amides is 2. The third-order valence-electron chi connectivity index (χ3n) is 5.80. The van der Waals surface area contributed by atoms with Gasteiger partial charge in [-0.1, -0.05) is 62.4 Å². The number of ether oxygens (including phenoxy) is 1. The first-order chi connectivity index (χ1) is 18.8. The van der Waals surface area contributed by atoms with Gasteiger partial charge in [0.2, 0.25) is 5.91 Å². The van der Waals surface area contributed by atoms with Crippen LogP contribution in [0.5, 0.6) is 0 Å². The Kier molecular flexibility index (Phi) is 10.6. The number of hydrogen-bond acceptors (Lipinski definition) is 7. The Balaban J connectivity index is 1.71. The summed E-state index contributed by atoms with van der Waals surface area (Å²) in [6, 6.07) is 22.7. The molecule has 3 rings (SSSR count). The van der Waals surface area contributed by atoms with E-state index in [1.54, 1.807) is 48.5 Å². The number of esters is 1. The molecule has 0 aliphatic heterocycles. The molecule has 0 saturated heterocycles. The van der Waals surface area contributed by atoms with E-state index in [1.807, 2.05) is 50.2 Å². The third kappa shape index (κ3) is 8.99. The van der Waals surface area contributed by atoms with Gasteiger partial charge >= 0.3 is 5.97 Å². The molecule has 0 bridgehead atoms. The van der Waals surface area contributed by atoms with E-state index in [9.17, 15) is 19.2 Å². The lowest BCUT2D eigenvalue weighted by molar-refractivity contribution is -0.153. The van der Waals surface area contributed by atoms with Crippen molar-refractivity contribution in [2.75, 3.05) is 7.11 Å². The molecule has 0 saturated carbocycles. The average Bonchev–Trinajstić information content (AvgIpc) is 2.95. The van der Waals surface area contributed by atoms with Crippen LogP contribution in [0.4, 0.5) is 11.4 Å². The van der Waals surface area contributed by atoms with Gasteiger partial charge in [-0.15, -0.1) is 0 Å². The lowest BCUT2D eigenvalue weighted by Crippen LogP contribution is -2.53. The highest BCUT2D eigenvalue weighted by Gasteiger charge is 2.31. The summed E-state index contributed by atoms with van der Waals surface area (Å²) in [6.45, 7) is 3.83. The first kappa shape index (κ1) is 28.9. The SMILES string of the molecule is COC(=O)C(=O)[C@H](Cc1ccccc1)NC(=O)[C@H](CC(C)C)NC(=O)c1ccc(N=Nc2ccccc2)cc1. The van der Waals surface area contributed by atoms with E-state index in [-0.39, 0.29) is 12.3 Å². The second kappa shape index (κ2) is 14.3. The summed E-state index contributed by atoms with van der Waals surface area (Å²) in [5, 5.41) is 13.7. The molecule has 9 nitrogen and oxygen atoms in total. The molecule has 202 valence electrons. The van der Waals surface area contributed by atoms with Crippen molar-refractivity contribution in [1.29, 1.82) is 0 Å². The molecule has 2 amide bonds. The van der Waals surface area contributed by atoms with Crippen LogP contribution in [0.2, 0.25) is 0 Å². The third-order valence-corrected chi connectivity index (χ3v) is 5.80. The summed E-state index contributed by atoms with van der Waals surface area (Å²) in [5.74, 6) is -2.88. The van der Waals surface area contributed by atoms with E-state index >= 15 is 0 Å². The summed E-state index contributed by atoms with van der Waals surface area (Å²) in [7, 11) is 1.11. The number of Topliss-reactive ketones (excluding diaryl/α,β-unsaturated/α-hetero) is 1. The Morgan fingerprint density at radius 2 is 1.31 bits per heavy atom. The predicted octanol–water partition coefficient (Wildman–Crippen LogP) is 4.72. The molecule has 0 fully saturated rings. The van der Waals surface area contributed by atoms with Crippen molar-refractivity contribution < 1.29 is 23.9 Å². The van der Waals surface area contributed by atoms with Crippen LogP contribution >= 0.6 is 0 Å². The fourth-order valence-electron chi connectivity index (χ4n) is 3.81. The Hall–Kier alpha value is -4.66. The molecular formula is C30H32N4O5. The monoisotopic (exact) mass is 528 g/mol. The van der Waals surface area contributed by atoms with E-state index in [0.29, 0.717) is 23.4 Å². The zero-order valence-electron chi connectivity index (χ0n) is 22.2. The summed E-state index contributed by atoms with van der Waals surface area (Å²) in [5.41, 5.74) is 2.37. The highest BCUT2D eigenvalue weighted by Crippen LogP contribution is 2.18. The minimum Gasteiger partial charge on any atom is -0.463 e. The van der Waals surface area contributed by atoms with Gasteiger partial charge in [0.25, 0.3) is 11.7 Å². The highest BCUT2D eigenvalue weighted by molar-refractivity contribution is 6.36. The molecular weight excluding hydrogens is 496 g/mol. The van der Waals surface area contributed by atoms with Gasteiger partial charge < -0.3 is 15.4 Å². The Morgan fingerprint density at radius 3 is 1.87 bits per heavy atom. The first-order valence-corrected chi connectivity index (χ1v) is 12.6. The normalized spacial score (nSPS) is 12.5. The average molecular weight is 529 g/mol. The minimum atomic E-state index is -1.15. The smallest absolute Gasteiger partial charge is 0.376 e. The van der Waals surface area contributed by atoms with E-state index in [1.165, 1.54) is 0 Å². The maximum absolute atomic E-state index is 13.3. The fraction of sp³-hybridized carbons (Fsp3) is 0.267. The molecule has 0 radical (unpaired) electrons. The van der Waals surface area contributed by atoms with Crippen LogP contribution in [0.1, 0.15) is 36.2 Å². The van der Waals surface area contributed by atoms with Gasteiger partial charge in [0, 0.05) is 12.0 Å². The standard InChI is InChI=1S/C30H32N4O5/c1-20(2)18-26(29(37)31-25(27(35)30(38)39-3)19-21-10-6-4-7-11-21)32-28(36)22-14-16-24(17-15-22)34-33-23-12-8-5-9-13-23/h4-17,20,25-26H,18-19H2,1-3H3,(H,31,37)(H,32,36)/t25-,26-/m0/s1. The zero-order valence-corrected chi connectivity index (χ0v) is 22.2. The number of carbonyl (C=O) groups is 4. The lowest BCUT2D eigenvalue weighted by Gasteiger charge is -2.23. The van der Waals surface area contributed by atoms with Gasteiger partial charge in [-0.25, -0.2) is 4.79 Å². The van der Waals surface area contributed by atoms with E-state index in [2.05, 4.69) is 25.6 Å². The summed E-state index contributed by atoms with van der Waals surface area (Å²) < 4.78 is 4.59. The maximum Gasteiger partial charge on any atom is 0.376 e. The van der Waals surface area contributed by atoms with Crippen molar-refractivity contribution in [3.05, 3.63) is 96.1 Å². The largest absolute Gasteiger partial charge is 0.463 e. The molecule has 0 spiro atoms. The number of carbonyl (C=O) groups excluding carboxylic acids is 4. The molecule has 0 aliphatic carbocycles. The maximum atomic E-state index is 13.3. The van der Waals surface area contributed by atoms with Crippen LogP contribution in [-0.2, 0) is 25.5 Å². The Bertz CT molecular complexity index is 1290. The molecule has 3 aromatic rings. The molecule has 0 unspecified atom stereocenters. The number of hydrogen-bond donors (Lipinski definition) is 2. The minimum absolute atomic E-state index is 0.0608. The number of methoxy groups -OCH3 is 1. The van der Waals surface area contributed by atoms with Crippen molar-refractivity contribution in [1.82, 2.24) is 10.6 Å². The summed E-state index contributed by atoms with van der Waals surface area (Å²) >= 11 is 0. The van der Waals surface area contributed by atoms with Crippen molar-refractivity contribution in [3.63, 3.8) is 0 Å². The lowest BCUT2D eigenvalue weighted by atomic mass is 9.99. The van der Waals surface area contributed by atoms with Gasteiger partial charge in [-0.3, -0.25) is 14.4 Å². The highest BCUT2D eigenvalue weighted by atomic mass is 16.5. The van der Waals surface area contributed by atoms with Crippen LogP contribution in [0.3, 0.4) is 0 Å². The molecule has 3 aromatic carbocycles. The molecule has 0 heterocycles. The molecule has 39 heavy (non-hydrogen) atoms. The zero-order chi connectivity index (χ0) is 28.2. The van der Waals surface area contributed by atoms with Crippen LogP contribution in [0, 0.1) is 5.92 Å². The van der Waals surface area contributed by atoms with E-state index < -0.39 is 35.7 Å². The van der Waals surface area contributed by atoms with Crippen LogP contribution in [-0.4, -0.2) is 42.8 Å². The van der Waals surface area contributed by atoms with Crippen LogP contribution < -0.4 is 10.6 Å². The van der Waals surface area contributed by atoms with Gasteiger partial charge in [-0.2, -0.15) is 10.2 Å². The van der Waals surface area contributed by atoms with E-state index in [4.69, 9.17) is 0 Å². The molecule has 0 aliphatic rings. The van der Waals surface area contributed by atoms with Crippen LogP contribution in [0.15, 0.2) is 95.2 Å². The molecule has 0 aromatic heterocycles. The Morgan fingerprint density at radius 1 is 0.744 bits per heavy atom. The van der Waals surface area contributed by atoms with Crippen molar-refractivity contribution in [2.45, 2.75) is 38.8 Å². The molecule has 2 N–H and O–H groups in total. The number of benzene rings is 3. The number of nitrogens with zero attached hydrogens (tertiary/aromatic N) is 2. The van der Waals surface area contributed by atoms with E-state index in [0.717, 1.165) is 12.7 Å². The quantitative estimate of drug-likeness (QED) is 0.200. The number of rotatable bonds is 12.